The maximum Gasteiger partial charge on any atom is 0.253 e. The van der Waals surface area contributed by atoms with Gasteiger partial charge in [-0.25, -0.2) is 0 Å². The highest BCUT2D eigenvalue weighted by atomic mass is 16.2. The van der Waals surface area contributed by atoms with E-state index in [-0.39, 0.29) is 23.9 Å². The summed E-state index contributed by atoms with van der Waals surface area (Å²) >= 11 is 0. The SMILES string of the molecule is C[C@@H](NC(=O)c1cnc2ccccc2c1-c1c(C(=O)N[C@H](C)c2ccccc2)cnc2ccccc12)c1ccccc1. The van der Waals surface area contributed by atoms with Gasteiger partial charge >= 0.3 is 0 Å². The van der Waals surface area contributed by atoms with Crippen molar-refractivity contribution in [2.24, 2.45) is 0 Å². The predicted octanol–water partition coefficient (Wildman–Crippen LogP) is 7.43. The lowest BCUT2D eigenvalue weighted by Gasteiger charge is -2.21. The zero-order valence-corrected chi connectivity index (χ0v) is 23.4. The molecule has 0 spiro atoms. The Balaban J connectivity index is 1.53. The van der Waals surface area contributed by atoms with Gasteiger partial charge in [0.2, 0.25) is 0 Å². The van der Waals surface area contributed by atoms with Gasteiger partial charge in [0.05, 0.1) is 34.2 Å². The molecule has 42 heavy (non-hydrogen) atoms. The number of carbonyl (C=O) groups excluding carboxylic acids is 2. The molecule has 2 N–H and O–H groups in total. The number of benzene rings is 4. The molecule has 2 aromatic heterocycles. The molecule has 4 aromatic carbocycles. The minimum absolute atomic E-state index is 0.235. The molecule has 6 nitrogen and oxygen atoms in total. The second-order valence-corrected chi connectivity index (χ2v) is 10.3. The van der Waals surface area contributed by atoms with Crippen molar-refractivity contribution in [2.45, 2.75) is 25.9 Å². The van der Waals surface area contributed by atoms with Crippen LogP contribution in [0, 0.1) is 0 Å². The average molecular weight is 551 g/mol. The van der Waals surface area contributed by atoms with Crippen LogP contribution >= 0.6 is 0 Å². The van der Waals surface area contributed by atoms with Crippen molar-refractivity contribution in [1.29, 1.82) is 0 Å². The third-order valence-corrected chi connectivity index (χ3v) is 7.58. The maximum absolute atomic E-state index is 14.0. The van der Waals surface area contributed by atoms with Crippen molar-refractivity contribution in [3.8, 4) is 11.1 Å². The molecule has 0 saturated carbocycles. The van der Waals surface area contributed by atoms with E-state index in [9.17, 15) is 9.59 Å². The van der Waals surface area contributed by atoms with Crippen molar-refractivity contribution in [2.75, 3.05) is 0 Å². The molecule has 0 bridgehead atoms. The Hall–Kier alpha value is -5.36. The Labute approximate surface area is 244 Å². The van der Waals surface area contributed by atoms with Gasteiger partial charge in [-0.05, 0) is 37.1 Å². The zero-order valence-electron chi connectivity index (χ0n) is 23.4. The normalized spacial score (nSPS) is 12.5. The summed E-state index contributed by atoms with van der Waals surface area (Å²) in [5.74, 6) is -0.547. The zero-order chi connectivity index (χ0) is 29.1. The van der Waals surface area contributed by atoms with Crippen LogP contribution in [0.15, 0.2) is 122 Å². The molecule has 0 radical (unpaired) electrons. The molecular formula is C36H30N4O2. The molecular weight excluding hydrogens is 520 g/mol. The van der Waals surface area contributed by atoms with Crippen LogP contribution in [-0.4, -0.2) is 21.8 Å². The van der Waals surface area contributed by atoms with Crippen molar-refractivity contribution >= 4 is 33.6 Å². The number of fused-ring (bicyclic) bond motifs is 2. The van der Waals surface area contributed by atoms with Crippen LogP contribution in [0.1, 0.15) is 57.8 Å². The molecule has 6 rings (SSSR count). The van der Waals surface area contributed by atoms with Crippen LogP contribution in [0.5, 0.6) is 0 Å². The van der Waals surface area contributed by atoms with Gasteiger partial charge in [-0.3, -0.25) is 19.6 Å². The van der Waals surface area contributed by atoms with Crippen LogP contribution in [0.3, 0.4) is 0 Å². The van der Waals surface area contributed by atoms with E-state index >= 15 is 0 Å². The summed E-state index contributed by atoms with van der Waals surface area (Å²) in [5.41, 5.74) is 5.51. The number of hydrogen-bond acceptors (Lipinski definition) is 4. The summed E-state index contributed by atoms with van der Waals surface area (Å²) < 4.78 is 0. The Morgan fingerprint density at radius 1 is 0.524 bits per heavy atom. The molecule has 0 aliphatic heterocycles. The quantitative estimate of drug-likeness (QED) is 0.216. The molecule has 2 amide bonds. The van der Waals surface area contributed by atoms with Gasteiger partial charge in [-0.15, -0.1) is 0 Å². The van der Waals surface area contributed by atoms with Crippen molar-refractivity contribution < 1.29 is 9.59 Å². The van der Waals surface area contributed by atoms with Gasteiger partial charge in [0.15, 0.2) is 0 Å². The van der Waals surface area contributed by atoms with Crippen LogP contribution in [-0.2, 0) is 0 Å². The number of para-hydroxylation sites is 2. The first-order valence-corrected chi connectivity index (χ1v) is 14.0. The van der Waals surface area contributed by atoms with E-state index in [2.05, 4.69) is 20.6 Å². The highest BCUT2D eigenvalue weighted by Gasteiger charge is 2.26. The Morgan fingerprint density at radius 3 is 1.29 bits per heavy atom. The minimum Gasteiger partial charge on any atom is -0.345 e. The van der Waals surface area contributed by atoms with Gasteiger partial charge in [-0.1, -0.05) is 97.1 Å². The molecule has 206 valence electrons. The van der Waals surface area contributed by atoms with Gasteiger partial charge in [-0.2, -0.15) is 0 Å². The lowest BCUT2D eigenvalue weighted by molar-refractivity contribution is 0.0930. The first-order valence-electron chi connectivity index (χ1n) is 14.0. The van der Waals surface area contributed by atoms with Crippen LogP contribution < -0.4 is 10.6 Å². The molecule has 0 aliphatic rings. The summed E-state index contributed by atoms with van der Waals surface area (Å²) in [7, 11) is 0. The molecule has 2 atom stereocenters. The van der Waals surface area contributed by atoms with E-state index < -0.39 is 0 Å². The average Bonchev–Trinajstić information content (AvgIpc) is 3.04. The van der Waals surface area contributed by atoms with Gasteiger partial charge in [0, 0.05) is 34.3 Å². The Kier molecular flexibility index (Phi) is 7.43. The van der Waals surface area contributed by atoms with Crippen LogP contribution in [0.2, 0.25) is 0 Å². The van der Waals surface area contributed by atoms with Crippen molar-refractivity contribution in [3.05, 3.63) is 144 Å². The minimum atomic E-state index is -0.274. The predicted molar refractivity (Wildman–Crippen MR) is 167 cm³/mol. The highest BCUT2D eigenvalue weighted by Crippen LogP contribution is 2.38. The molecule has 0 saturated heterocycles. The summed E-state index contributed by atoms with van der Waals surface area (Å²) in [6.07, 6.45) is 3.21. The highest BCUT2D eigenvalue weighted by molar-refractivity contribution is 6.17. The van der Waals surface area contributed by atoms with E-state index in [0.29, 0.717) is 22.3 Å². The Morgan fingerprint density at radius 2 is 0.881 bits per heavy atom. The number of aromatic nitrogens is 2. The second-order valence-electron chi connectivity index (χ2n) is 10.3. The monoisotopic (exact) mass is 550 g/mol. The number of pyridine rings is 2. The largest absolute Gasteiger partial charge is 0.345 e. The molecule has 6 aromatic rings. The van der Waals surface area contributed by atoms with Crippen LogP contribution in [0.25, 0.3) is 32.9 Å². The standard InChI is InChI=1S/C36H30N4O2/c1-23(25-13-5-3-6-14-25)39-35(41)29-21-37-31-19-11-9-17-27(31)33(29)34-28-18-10-12-20-32(28)38-22-30(34)36(42)40-24(2)26-15-7-4-8-16-26/h3-24H,1-2H3,(H,39,41)(H,40,42)/t23-,24-/m1/s1. The number of amides is 2. The second kappa shape index (κ2) is 11.6. The molecule has 0 aliphatic carbocycles. The van der Waals surface area contributed by atoms with Gasteiger partial charge < -0.3 is 10.6 Å². The van der Waals surface area contributed by atoms with E-state index in [1.54, 1.807) is 12.4 Å². The summed E-state index contributed by atoms with van der Waals surface area (Å²) in [4.78, 5) is 37.2. The first kappa shape index (κ1) is 26.8. The van der Waals surface area contributed by atoms with E-state index in [1.807, 2.05) is 123 Å². The van der Waals surface area contributed by atoms with Gasteiger partial charge in [0.1, 0.15) is 0 Å². The number of hydrogen-bond donors (Lipinski definition) is 2. The topological polar surface area (TPSA) is 84.0 Å². The first-order chi connectivity index (χ1) is 20.5. The van der Waals surface area contributed by atoms with Crippen molar-refractivity contribution in [3.63, 3.8) is 0 Å². The maximum atomic E-state index is 14.0. The number of nitrogens with one attached hydrogen (secondary N) is 2. The fourth-order valence-corrected chi connectivity index (χ4v) is 5.36. The van der Waals surface area contributed by atoms with Crippen molar-refractivity contribution in [1.82, 2.24) is 20.6 Å². The van der Waals surface area contributed by atoms with E-state index in [1.165, 1.54) is 0 Å². The van der Waals surface area contributed by atoms with E-state index in [0.717, 1.165) is 32.9 Å². The summed E-state index contributed by atoms with van der Waals surface area (Å²) in [6, 6.07) is 34.5. The fourth-order valence-electron chi connectivity index (χ4n) is 5.36. The molecule has 2 heterocycles. The number of rotatable bonds is 7. The summed E-state index contributed by atoms with van der Waals surface area (Å²) in [5, 5.41) is 7.84. The smallest absolute Gasteiger partial charge is 0.253 e. The fraction of sp³-hybridized carbons (Fsp3) is 0.111. The third-order valence-electron chi connectivity index (χ3n) is 7.58. The third kappa shape index (κ3) is 5.22. The molecule has 0 fully saturated rings. The lowest BCUT2D eigenvalue weighted by atomic mass is 9.89. The van der Waals surface area contributed by atoms with Crippen LogP contribution in [0.4, 0.5) is 0 Å². The van der Waals surface area contributed by atoms with Gasteiger partial charge in [0.25, 0.3) is 11.8 Å². The number of nitrogens with zero attached hydrogens (tertiary/aromatic N) is 2. The summed E-state index contributed by atoms with van der Waals surface area (Å²) in [6.45, 7) is 3.90. The number of carbonyl (C=O) groups is 2. The van der Waals surface area contributed by atoms with E-state index in [4.69, 9.17) is 0 Å². The Bertz CT molecular complexity index is 1760. The lowest BCUT2D eigenvalue weighted by Crippen LogP contribution is -2.29. The molecule has 0 unspecified atom stereocenters. The molecule has 6 heteroatoms.